The lowest BCUT2D eigenvalue weighted by atomic mass is 10.1. The number of nitrogens with zero attached hydrogens (tertiary/aromatic N) is 2. The molecule has 27 heavy (non-hydrogen) atoms. The molecular formula is C18H15N5O3S. The van der Waals surface area contributed by atoms with Crippen LogP contribution in [0.1, 0.15) is 0 Å². The quantitative estimate of drug-likeness (QED) is 0.495. The molecule has 9 heteroatoms. The van der Waals surface area contributed by atoms with Crippen LogP contribution in [0.25, 0.3) is 27.8 Å². The van der Waals surface area contributed by atoms with Gasteiger partial charge < -0.3 is 10.3 Å². The number of primary sulfonamides is 1. The second-order valence-electron chi connectivity index (χ2n) is 5.97. The van der Waals surface area contributed by atoms with Crippen molar-refractivity contribution >= 4 is 26.9 Å². The van der Waals surface area contributed by atoms with E-state index >= 15 is 0 Å². The molecule has 0 radical (unpaired) electrons. The Hall–Kier alpha value is -3.43. The van der Waals surface area contributed by atoms with E-state index in [1.54, 1.807) is 16.7 Å². The zero-order valence-electron chi connectivity index (χ0n) is 14.0. The lowest BCUT2D eigenvalue weighted by molar-refractivity contribution is 0.598. The fraction of sp³-hybridized carbons (Fsp3) is 0. The molecule has 0 aliphatic rings. The van der Waals surface area contributed by atoms with Crippen molar-refractivity contribution in [3.8, 4) is 16.8 Å². The van der Waals surface area contributed by atoms with E-state index in [0.717, 1.165) is 11.1 Å². The number of H-pyrrole nitrogens is 1. The molecule has 2 heterocycles. The van der Waals surface area contributed by atoms with E-state index in [1.165, 1.54) is 12.1 Å². The van der Waals surface area contributed by atoms with Crippen molar-refractivity contribution < 1.29 is 8.42 Å². The van der Waals surface area contributed by atoms with Crippen molar-refractivity contribution in [3.63, 3.8) is 0 Å². The Bertz CT molecular complexity index is 1310. The van der Waals surface area contributed by atoms with Gasteiger partial charge in [-0.05, 0) is 29.8 Å². The molecule has 0 aliphatic carbocycles. The standard InChI is InChI=1S/C18H15N5O3S/c19-16-15-14(11-4-2-1-3-5-11)10-23(17(15)22-18(24)21-16)12-6-8-13(9-7-12)27(20,25)26/h1-10H,(H2,20,25,26)(H3,19,21,22,24). The predicted octanol–water partition coefficient (Wildman–Crippen LogP) is 1.61. The number of fused-ring (bicyclic) bond motifs is 1. The van der Waals surface area contributed by atoms with Gasteiger partial charge in [0.2, 0.25) is 10.0 Å². The van der Waals surface area contributed by atoms with E-state index < -0.39 is 15.7 Å². The summed E-state index contributed by atoms with van der Waals surface area (Å²) < 4.78 is 24.6. The molecular weight excluding hydrogens is 366 g/mol. The number of aromatic amines is 1. The van der Waals surface area contributed by atoms with Crippen LogP contribution in [0.4, 0.5) is 5.82 Å². The number of sulfonamides is 1. The van der Waals surface area contributed by atoms with E-state index in [9.17, 15) is 13.2 Å². The predicted molar refractivity (Wildman–Crippen MR) is 103 cm³/mol. The van der Waals surface area contributed by atoms with Crippen molar-refractivity contribution in [1.82, 2.24) is 14.5 Å². The Morgan fingerprint density at radius 2 is 1.67 bits per heavy atom. The summed E-state index contributed by atoms with van der Waals surface area (Å²) in [7, 11) is -3.80. The summed E-state index contributed by atoms with van der Waals surface area (Å²) in [5.41, 5.74) is 8.18. The first-order valence-corrected chi connectivity index (χ1v) is 9.49. The molecule has 2 aromatic carbocycles. The largest absolute Gasteiger partial charge is 0.385 e. The highest BCUT2D eigenvalue weighted by Crippen LogP contribution is 2.33. The molecule has 0 saturated heterocycles. The van der Waals surface area contributed by atoms with E-state index in [-0.39, 0.29) is 10.7 Å². The molecule has 2 aromatic heterocycles. The minimum absolute atomic E-state index is 0.00341. The highest BCUT2D eigenvalue weighted by Gasteiger charge is 2.17. The van der Waals surface area contributed by atoms with Crippen molar-refractivity contribution in [3.05, 3.63) is 71.3 Å². The molecule has 0 saturated carbocycles. The zero-order valence-corrected chi connectivity index (χ0v) is 14.8. The summed E-state index contributed by atoms with van der Waals surface area (Å²) in [6.07, 6.45) is 1.81. The van der Waals surface area contributed by atoms with Crippen molar-refractivity contribution in [2.45, 2.75) is 4.90 Å². The van der Waals surface area contributed by atoms with Crippen LogP contribution >= 0.6 is 0 Å². The number of aromatic nitrogens is 3. The average Bonchev–Trinajstić information content (AvgIpc) is 3.01. The summed E-state index contributed by atoms with van der Waals surface area (Å²) in [5, 5.41) is 5.75. The Balaban J connectivity index is 2.00. The lowest BCUT2D eigenvalue weighted by Gasteiger charge is -2.05. The number of benzene rings is 2. The van der Waals surface area contributed by atoms with Crippen LogP contribution < -0.4 is 16.6 Å². The Kier molecular flexibility index (Phi) is 3.83. The molecule has 0 amide bonds. The van der Waals surface area contributed by atoms with Crippen LogP contribution in [0.2, 0.25) is 0 Å². The maximum atomic E-state index is 11.9. The second-order valence-corrected chi connectivity index (χ2v) is 7.53. The highest BCUT2D eigenvalue weighted by molar-refractivity contribution is 7.89. The van der Waals surface area contributed by atoms with Crippen molar-refractivity contribution in [1.29, 1.82) is 0 Å². The first kappa shape index (κ1) is 17.0. The molecule has 0 unspecified atom stereocenters. The summed E-state index contributed by atoms with van der Waals surface area (Å²) in [6, 6.07) is 15.5. The van der Waals surface area contributed by atoms with E-state index in [0.29, 0.717) is 16.7 Å². The van der Waals surface area contributed by atoms with Gasteiger partial charge in [-0.3, -0.25) is 4.98 Å². The van der Waals surface area contributed by atoms with Gasteiger partial charge in [0.05, 0.1) is 10.3 Å². The zero-order chi connectivity index (χ0) is 19.2. The summed E-state index contributed by atoms with van der Waals surface area (Å²) >= 11 is 0. The first-order valence-electron chi connectivity index (χ1n) is 7.94. The summed E-state index contributed by atoms with van der Waals surface area (Å²) in [4.78, 5) is 18.4. The van der Waals surface area contributed by atoms with Gasteiger partial charge in [0.25, 0.3) is 0 Å². The third-order valence-corrected chi connectivity index (χ3v) is 5.16. The van der Waals surface area contributed by atoms with Crippen LogP contribution in [0, 0.1) is 0 Å². The van der Waals surface area contributed by atoms with E-state index in [1.807, 2.05) is 36.5 Å². The van der Waals surface area contributed by atoms with Crippen LogP contribution in [-0.4, -0.2) is 23.0 Å². The molecule has 8 nitrogen and oxygen atoms in total. The third kappa shape index (κ3) is 2.98. The fourth-order valence-corrected chi connectivity index (χ4v) is 3.52. The van der Waals surface area contributed by atoms with Crippen molar-refractivity contribution in [2.24, 2.45) is 5.14 Å². The van der Waals surface area contributed by atoms with Crippen LogP contribution in [-0.2, 0) is 10.0 Å². The molecule has 0 atom stereocenters. The smallest absolute Gasteiger partial charge is 0.348 e. The lowest BCUT2D eigenvalue weighted by Crippen LogP contribution is -2.14. The molecule has 136 valence electrons. The molecule has 0 aliphatic heterocycles. The van der Waals surface area contributed by atoms with E-state index in [2.05, 4.69) is 9.97 Å². The number of nitrogens with two attached hydrogens (primary N) is 2. The third-order valence-electron chi connectivity index (χ3n) is 4.23. The molecule has 4 rings (SSSR count). The highest BCUT2D eigenvalue weighted by atomic mass is 32.2. The van der Waals surface area contributed by atoms with Gasteiger partial charge in [0, 0.05) is 17.4 Å². The maximum absolute atomic E-state index is 11.9. The average molecular weight is 381 g/mol. The Labute approximate surface area is 154 Å². The number of hydrogen-bond acceptors (Lipinski definition) is 5. The molecule has 0 bridgehead atoms. The monoisotopic (exact) mass is 381 g/mol. The van der Waals surface area contributed by atoms with Crippen molar-refractivity contribution in [2.75, 3.05) is 5.73 Å². The van der Waals surface area contributed by atoms with E-state index in [4.69, 9.17) is 10.9 Å². The number of rotatable bonds is 3. The molecule has 5 N–H and O–H groups in total. The van der Waals surface area contributed by atoms with Crippen LogP contribution in [0.15, 0.2) is 70.5 Å². The Morgan fingerprint density at radius 1 is 1.00 bits per heavy atom. The van der Waals surface area contributed by atoms with Gasteiger partial charge in [-0.2, -0.15) is 4.98 Å². The molecule has 0 spiro atoms. The maximum Gasteiger partial charge on any atom is 0.348 e. The number of nitrogen functional groups attached to an aromatic ring is 1. The van der Waals surface area contributed by atoms with Gasteiger partial charge in [-0.1, -0.05) is 30.3 Å². The Morgan fingerprint density at radius 3 is 2.30 bits per heavy atom. The van der Waals surface area contributed by atoms with Crippen LogP contribution in [0.5, 0.6) is 0 Å². The molecule has 0 fully saturated rings. The minimum atomic E-state index is -3.80. The normalized spacial score (nSPS) is 11.7. The number of hydrogen-bond donors (Lipinski definition) is 3. The van der Waals surface area contributed by atoms with Gasteiger partial charge >= 0.3 is 5.69 Å². The van der Waals surface area contributed by atoms with Crippen LogP contribution in [0.3, 0.4) is 0 Å². The fourth-order valence-electron chi connectivity index (χ4n) is 3.00. The van der Waals surface area contributed by atoms with Gasteiger partial charge in [-0.15, -0.1) is 0 Å². The molecule has 4 aromatic rings. The van der Waals surface area contributed by atoms with Gasteiger partial charge in [0.15, 0.2) is 5.65 Å². The minimum Gasteiger partial charge on any atom is -0.385 e. The SMILES string of the molecule is Nc1[nH]c(=O)nc2c1c(-c1ccccc1)cn2-c1ccc(S(N)(=O)=O)cc1. The summed E-state index contributed by atoms with van der Waals surface area (Å²) in [5.74, 6) is 0.212. The first-order chi connectivity index (χ1) is 12.8. The topological polar surface area (TPSA) is 137 Å². The number of anilines is 1. The second kappa shape index (κ2) is 6.08. The van der Waals surface area contributed by atoms with Gasteiger partial charge in [0.1, 0.15) is 5.82 Å². The number of nitrogens with one attached hydrogen (secondary N) is 1. The summed E-state index contributed by atoms with van der Waals surface area (Å²) in [6.45, 7) is 0. The van der Waals surface area contributed by atoms with Gasteiger partial charge in [-0.25, -0.2) is 18.4 Å².